The van der Waals surface area contributed by atoms with Crippen LogP contribution in [-0.2, 0) is 20.5 Å². The van der Waals surface area contributed by atoms with Crippen LogP contribution in [0.5, 0.6) is 0 Å². The standard InChI is InChI=1S/C14H21N3O5S/c1-12(16-6-8-22-9-7-16)10-15-23(20,21)11-13-2-4-14(5-3-13)17(18)19/h2-5,12,15H,6-11H2,1H3. The predicted octanol–water partition coefficient (Wildman–Crippen LogP) is 0.735. The molecule has 1 aromatic rings. The summed E-state index contributed by atoms with van der Waals surface area (Å²) in [4.78, 5) is 12.3. The maximum atomic E-state index is 12.1. The summed E-state index contributed by atoms with van der Waals surface area (Å²) < 4.78 is 32.1. The molecule has 1 atom stereocenters. The summed E-state index contributed by atoms with van der Waals surface area (Å²) >= 11 is 0. The van der Waals surface area contributed by atoms with Crippen LogP contribution in [0, 0.1) is 10.1 Å². The third-order valence-corrected chi connectivity index (χ3v) is 5.09. The molecule has 0 aromatic heterocycles. The van der Waals surface area contributed by atoms with Gasteiger partial charge in [0.05, 0.1) is 23.9 Å². The van der Waals surface area contributed by atoms with Crippen LogP contribution in [0.2, 0.25) is 0 Å². The number of sulfonamides is 1. The zero-order valence-electron chi connectivity index (χ0n) is 13.0. The van der Waals surface area contributed by atoms with Gasteiger partial charge in [-0.15, -0.1) is 0 Å². The SMILES string of the molecule is CC(CNS(=O)(=O)Cc1ccc([N+](=O)[O-])cc1)N1CCOCC1. The van der Waals surface area contributed by atoms with E-state index in [1.807, 2.05) is 6.92 Å². The first-order valence-electron chi connectivity index (χ1n) is 7.40. The van der Waals surface area contributed by atoms with E-state index in [1.54, 1.807) is 0 Å². The molecular weight excluding hydrogens is 322 g/mol. The van der Waals surface area contributed by atoms with E-state index in [-0.39, 0.29) is 17.5 Å². The molecule has 0 saturated carbocycles. The van der Waals surface area contributed by atoms with Gasteiger partial charge in [-0.05, 0) is 12.5 Å². The Bertz CT molecular complexity index is 626. The van der Waals surface area contributed by atoms with Crippen LogP contribution < -0.4 is 4.72 Å². The number of nitro benzene ring substituents is 1. The van der Waals surface area contributed by atoms with Crippen molar-refractivity contribution in [1.82, 2.24) is 9.62 Å². The molecule has 0 amide bonds. The lowest BCUT2D eigenvalue weighted by atomic mass is 10.2. The van der Waals surface area contributed by atoms with Gasteiger partial charge in [0.15, 0.2) is 0 Å². The molecule has 1 unspecified atom stereocenters. The largest absolute Gasteiger partial charge is 0.379 e. The number of non-ortho nitro benzene ring substituents is 1. The summed E-state index contributed by atoms with van der Waals surface area (Å²) in [6.07, 6.45) is 0. The van der Waals surface area contributed by atoms with Gasteiger partial charge in [0.25, 0.3) is 5.69 Å². The van der Waals surface area contributed by atoms with Gasteiger partial charge in [0.1, 0.15) is 0 Å². The second-order valence-corrected chi connectivity index (χ2v) is 7.34. The lowest BCUT2D eigenvalue weighted by Gasteiger charge is -2.32. The van der Waals surface area contributed by atoms with Gasteiger partial charge in [0.2, 0.25) is 10.0 Å². The maximum Gasteiger partial charge on any atom is 0.269 e. The van der Waals surface area contributed by atoms with Crippen molar-refractivity contribution in [2.24, 2.45) is 0 Å². The van der Waals surface area contributed by atoms with Crippen LogP contribution >= 0.6 is 0 Å². The van der Waals surface area contributed by atoms with Crippen LogP contribution in [0.25, 0.3) is 0 Å². The van der Waals surface area contributed by atoms with Crippen molar-refractivity contribution in [2.75, 3.05) is 32.8 Å². The van der Waals surface area contributed by atoms with Crippen LogP contribution in [0.4, 0.5) is 5.69 Å². The quantitative estimate of drug-likeness (QED) is 0.578. The number of rotatable bonds is 7. The second-order valence-electron chi connectivity index (χ2n) is 5.53. The minimum Gasteiger partial charge on any atom is -0.379 e. The van der Waals surface area contributed by atoms with Gasteiger partial charge >= 0.3 is 0 Å². The van der Waals surface area contributed by atoms with Gasteiger partial charge in [-0.25, -0.2) is 13.1 Å². The topological polar surface area (TPSA) is 102 Å². The first kappa shape index (κ1) is 17.8. The molecular formula is C14H21N3O5S. The smallest absolute Gasteiger partial charge is 0.269 e. The first-order valence-corrected chi connectivity index (χ1v) is 9.05. The molecule has 128 valence electrons. The molecule has 0 aliphatic carbocycles. The van der Waals surface area contributed by atoms with Crippen molar-refractivity contribution in [3.8, 4) is 0 Å². The van der Waals surface area contributed by atoms with E-state index >= 15 is 0 Å². The van der Waals surface area contributed by atoms with Crippen molar-refractivity contribution in [3.05, 3.63) is 39.9 Å². The highest BCUT2D eigenvalue weighted by Gasteiger charge is 2.19. The molecule has 1 aliphatic rings. The third-order valence-electron chi connectivity index (χ3n) is 3.77. The maximum absolute atomic E-state index is 12.1. The summed E-state index contributed by atoms with van der Waals surface area (Å²) in [6.45, 7) is 5.23. The number of nitrogens with zero attached hydrogens (tertiary/aromatic N) is 2. The Morgan fingerprint density at radius 1 is 1.30 bits per heavy atom. The molecule has 2 rings (SSSR count). The van der Waals surface area contributed by atoms with E-state index in [1.165, 1.54) is 24.3 Å². The van der Waals surface area contributed by atoms with Gasteiger partial charge in [-0.2, -0.15) is 0 Å². The van der Waals surface area contributed by atoms with Crippen molar-refractivity contribution < 1.29 is 18.1 Å². The van der Waals surface area contributed by atoms with E-state index in [0.29, 0.717) is 25.3 Å². The number of ether oxygens (including phenoxy) is 1. The number of nitro groups is 1. The first-order chi connectivity index (χ1) is 10.9. The molecule has 1 aromatic carbocycles. The zero-order valence-corrected chi connectivity index (χ0v) is 13.8. The highest BCUT2D eigenvalue weighted by molar-refractivity contribution is 7.88. The lowest BCUT2D eigenvalue weighted by Crippen LogP contribution is -2.47. The summed E-state index contributed by atoms with van der Waals surface area (Å²) in [5.74, 6) is -0.194. The highest BCUT2D eigenvalue weighted by Crippen LogP contribution is 2.13. The highest BCUT2D eigenvalue weighted by atomic mass is 32.2. The van der Waals surface area contributed by atoms with Gasteiger partial charge in [0, 0.05) is 37.8 Å². The minimum atomic E-state index is -3.48. The summed E-state index contributed by atoms with van der Waals surface area (Å²) in [5.41, 5.74) is 0.460. The Labute approximate surface area is 135 Å². The van der Waals surface area contributed by atoms with Crippen LogP contribution in [0.3, 0.4) is 0 Å². The average molecular weight is 343 g/mol. The number of nitrogens with one attached hydrogen (secondary N) is 1. The van der Waals surface area contributed by atoms with Crippen LogP contribution in [-0.4, -0.2) is 57.1 Å². The Hall–Kier alpha value is -1.55. The Morgan fingerprint density at radius 3 is 2.48 bits per heavy atom. The molecule has 9 heteroatoms. The number of benzene rings is 1. The zero-order chi connectivity index (χ0) is 16.9. The molecule has 8 nitrogen and oxygen atoms in total. The molecule has 23 heavy (non-hydrogen) atoms. The Morgan fingerprint density at radius 2 is 1.91 bits per heavy atom. The van der Waals surface area contributed by atoms with Gasteiger partial charge in [-0.3, -0.25) is 15.0 Å². The number of hydrogen-bond donors (Lipinski definition) is 1. The molecule has 1 N–H and O–H groups in total. The van der Waals surface area contributed by atoms with Crippen LogP contribution in [0.15, 0.2) is 24.3 Å². The number of morpholine rings is 1. The number of hydrogen-bond acceptors (Lipinski definition) is 6. The van der Waals surface area contributed by atoms with Crippen molar-refractivity contribution in [3.63, 3.8) is 0 Å². The summed E-state index contributed by atoms with van der Waals surface area (Å²) in [5, 5.41) is 10.6. The van der Waals surface area contributed by atoms with Crippen molar-refractivity contribution in [1.29, 1.82) is 0 Å². The Balaban J connectivity index is 1.87. The summed E-state index contributed by atoms with van der Waals surface area (Å²) in [7, 11) is -3.48. The second kappa shape index (κ2) is 7.82. The molecule has 0 spiro atoms. The predicted molar refractivity (Wildman–Crippen MR) is 85.6 cm³/mol. The molecule has 1 fully saturated rings. The van der Waals surface area contributed by atoms with Crippen LogP contribution in [0.1, 0.15) is 12.5 Å². The molecule has 0 radical (unpaired) electrons. The minimum absolute atomic E-state index is 0.0555. The van der Waals surface area contributed by atoms with E-state index in [4.69, 9.17) is 4.74 Å². The molecule has 1 aliphatic heterocycles. The molecule has 0 bridgehead atoms. The van der Waals surface area contributed by atoms with Crippen molar-refractivity contribution in [2.45, 2.75) is 18.7 Å². The Kier molecular flexibility index (Phi) is 6.05. The van der Waals surface area contributed by atoms with E-state index in [9.17, 15) is 18.5 Å². The van der Waals surface area contributed by atoms with Crippen molar-refractivity contribution >= 4 is 15.7 Å². The fourth-order valence-electron chi connectivity index (χ4n) is 2.38. The van der Waals surface area contributed by atoms with Gasteiger partial charge in [-0.1, -0.05) is 12.1 Å². The summed E-state index contributed by atoms with van der Waals surface area (Å²) in [6, 6.07) is 5.62. The van der Waals surface area contributed by atoms with E-state index in [2.05, 4.69) is 9.62 Å². The fourth-order valence-corrected chi connectivity index (χ4v) is 3.61. The van der Waals surface area contributed by atoms with E-state index in [0.717, 1.165) is 13.1 Å². The average Bonchev–Trinajstić information content (AvgIpc) is 2.53. The van der Waals surface area contributed by atoms with Gasteiger partial charge < -0.3 is 4.74 Å². The van der Waals surface area contributed by atoms with E-state index < -0.39 is 14.9 Å². The third kappa shape index (κ3) is 5.54. The fraction of sp³-hybridized carbons (Fsp3) is 0.571. The molecule has 1 saturated heterocycles. The normalized spacial score (nSPS) is 17.8. The molecule has 1 heterocycles. The monoisotopic (exact) mass is 343 g/mol. The lowest BCUT2D eigenvalue weighted by molar-refractivity contribution is -0.384.